The predicted molar refractivity (Wildman–Crippen MR) is 176 cm³/mol. The van der Waals surface area contributed by atoms with Crippen molar-refractivity contribution in [3.63, 3.8) is 0 Å². The molecule has 2 N–H and O–H groups in total. The van der Waals surface area contributed by atoms with E-state index in [-0.39, 0.29) is 40.2 Å². The standard InChI is InChI=1S/2C14H24N2O2Si2.Zr.2H/c2*1-19(2,3)15-13(16-20(4,5)6)11-9-7-8-10-12(11)14(17)18;;;/h2*7-10H,1-6H3,(H,15,16)(H,17,18);;;/q;;+4;2*-1/p-2. The van der Waals surface area contributed by atoms with Crippen molar-refractivity contribution in [2.24, 2.45) is 9.32 Å². The van der Waals surface area contributed by atoms with E-state index >= 15 is 0 Å². The largest absolute Gasteiger partial charge is 4.00 e. The summed E-state index contributed by atoms with van der Waals surface area (Å²) in [6, 6.07) is 13.8. The normalized spacial score (nSPS) is 12.9. The summed E-state index contributed by atoms with van der Waals surface area (Å²) in [5.74, 6) is -0.936. The molecule has 224 valence electrons. The van der Waals surface area contributed by atoms with Gasteiger partial charge in [0.2, 0.25) is 0 Å². The Balaban J connectivity index is -0.000000696. The molecular weight excluding hydrogens is 660 g/mol. The summed E-state index contributed by atoms with van der Waals surface area (Å²) in [6.45, 7) is 25.7. The molecular formula is C28H48N4O4Si4Zr. The van der Waals surface area contributed by atoms with Gasteiger partial charge in [0, 0.05) is 22.3 Å². The van der Waals surface area contributed by atoms with Crippen LogP contribution in [0.3, 0.4) is 0 Å². The molecule has 0 aliphatic heterocycles. The molecule has 8 nitrogen and oxygen atoms in total. The molecule has 0 aliphatic rings. The van der Waals surface area contributed by atoms with E-state index in [1.807, 2.05) is 12.1 Å². The van der Waals surface area contributed by atoms with Crippen molar-refractivity contribution >= 4 is 56.6 Å². The number of carbonyl (C=O) groups is 2. The molecule has 0 unspecified atom stereocenters. The molecule has 2 aromatic carbocycles. The Morgan fingerprint density at radius 3 is 1.00 bits per heavy atom. The fourth-order valence-electron chi connectivity index (χ4n) is 3.43. The third-order valence-corrected chi connectivity index (χ3v) is 8.45. The van der Waals surface area contributed by atoms with Crippen molar-refractivity contribution in [1.29, 1.82) is 0 Å². The van der Waals surface area contributed by atoms with Gasteiger partial charge in [0.05, 0.1) is 11.9 Å². The quantitative estimate of drug-likeness (QED) is 0.239. The summed E-state index contributed by atoms with van der Waals surface area (Å²) in [4.78, 5) is 29.5. The summed E-state index contributed by atoms with van der Waals surface area (Å²) in [5.41, 5.74) is 1.63. The maximum absolute atomic E-state index is 11.3. The van der Waals surface area contributed by atoms with E-state index in [1.54, 1.807) is 36.4 Å². The molecule has 0 saturated heterocycles. The number of nitrogens with zero attached hydrogens (tertiary/aromatic N) is 2. The van der Waals surface area contributed by atoms with Gasteiger partial charge in [-0.25, -0.2) is 0 Å². The molecule has 13 heteroatoms. The van der Waals surface area contributed by atoms with Crippen LogP contribution in [0.5, 0.6) is 0 Å². The maximum Gasteiger partial charge on any atom is 4.00 e. The van der Waals surface area contributed by atoms with Gasteiger partial charge in [0.25, 0.3) is 0 Å². The Labute approximate surface area is 272 Å². The summed E-state index contributed by atoms with van der Waals surface area (Å²) < 4.78 is 9.59. The molecule has 0 atom stereocenters. The van der Waals surface area contributed by atoms with Gasteiger partial charge < -0.3 is 41.9 Å². The minimum Gasteiger partial charge on any atom is -1.00 e. The molecule has 0 aliphatic carbocycles. The van der Waals surface area contributed by atoms with Gasteiger partial charge in [0.15, 0.2) is 16.5 Å². The first-order chi connectivity index (χ1) is 18.0. The number of hydrogen-bond donors (Lipinski definition) is 2. The third kappa shape index (κ3) is 15.8. The van der Waals surface area contributed by atoms with Crippen LogP contribution in [-0.4, -0.2) is 56.6 Å². The minimum absolute atomic E-state index is 0. The van der Waals surface area contributed by atoms with E-state index in [0.717, 1.165) is 0 Å². The first-order valence-corrected chi connectivity index (χ1v) is 27.3. The zero-order valence-corrected chi connectivity index (χ0v) is 33.1. The van der Waals surface area contributed by atoms with Gasteiger partial charge in [0.1, 0.15) is 28.1 Å². The molecule has 0 aromatic heterocycles. The Morgan fingerprint density at radius 1 is 0.561 bits per heavy atom. The van der Waals surface area contributed by atoms with Gasteiger partial charge >= 0.3 is 26.2 Å². The van der Waals surface area contributed by atoms with Crippen molar-refractivity contribution < 1.29 is 48.9 Å². The number of benzene rings is 2. The molecule has 0 amide bonds. The average Bonchev–Trinajstić information content (AvgIpc) is 2.75. The fourth-order valence-corrected chi connectivity index (χ4v) is 7.15. The number of carbonyl (C=O) groups excluding carboxylic acids is 2. The molecule has 0 spiro atoms. The second kappa shape index (κ2) is 15.5. The summed E-state index contributed by atoms with van der Waals surface area (Å²) in [6.07, 6.45) is 0. The first-order valence-electron chi connectivity index (χ1n) is 13.4. The molecule has 0 bridgehead atoms. The zero-order chi connectivity index (χ0) is 31.1. The molecule has 0 fully saturated rings. The van der Waals surface area contributed by atoms with Gasteiger partial charge in [-0.15, -0.1) is 0 Å². The van der Waals surface area contributed by atoms with E-state index in [1.165, 1.54) is 0 Å². The van der Waals surface area contributed by atoms with Gasteiger partial charge in [-0.05, 0) is 39.3 Å². The van der Waals surface area contributed by atoms with Crippen molar-refractivity contribution in [2.75, 3.05) is 0 Å². The Hall–Kier alpha value is -1.93. The van der Waals surface area contributed by atoms with Crippen molar-refractivity contribution in [3.05, 3.63) is 70.8 Å². The van der Waals surface area contributed by atoms with Crippen molar-refractivity contribution in [1.82, 2.24) is 9.96 Å². The maximum atomic E-state index is 11.3. The Bertz CT molecular complexity index is 1170. The van der Waals surface area contributed by atoms with Gasteiger partial charge in [-0.2, -0.15) is 0 Å². The number of rotatable bonds is 8. The van der Waals surface area contributed by atoms with Crippen LogP contribution in [0.2, 0.25) is 78.6 Å². The van der Waals surface area contributed by atoms with Crippen LogP contribution in [0.15, 0.2) is 57.8 Å². The van der Waals surface area contributed by atoms with Crippen LogP contribution in [0.25, 0.3) is 0 Å². The Kier molecular flexibility index (Phi) is 14.8. The smallest absolute Gasteiger partial charge is 1.00 e. The number of nitrogens with one attached hydrogen (secondary N) is 2. The van der Waals surface area contributed by atoms with Crippen LogP contribution >= 0.6 is 0 Å². The number of hydrogen-bond acceptors (Lipinski definition) is 6. The van der Waals surface area contributed by atoms with Crippen LogP contribution in [0.1, 0.15) is 34.7 Å². The molecule has 0 radical (unpaired) electrons. The molecule has 0 heterocycles. The van der Waals surface area contributed by atoms with E-state index < -0.39 is 44.9 Å². The molecule has 41 heavy (non-hydrogen) atoms. The number of aromatic carboxylic acids is 2. The van der Waals surface area contributed by atoms with Crippen LogP contribution < -0.4 is 20.2 Å². The fraction of sp³-hybridized carbons (Fsp3) is 0.429. The number of carboxylic acid groups (broad SMARTS) is 2. The number of carboxylic acids is 2. The van der Waals surface area contributed by atoms with Crippen molar-refractivity contribution in [3.8, 4) is 0 Å². The summed E-state index contributed by atoms with van der Waals surface area (Å²) in [7, 11) is -6.72. The van der Waals surface area contributed by atoms with Crippen LogP contribution in [-0.2, 0) is 26.2 Å². The third-order valence-electron chi connectivity index (χ3n) is 4.69. The molecule has 2 rings (SSSR count). The van der Waals surface area contributed by atoms with E-state index in [0.29, 0.717) is 22.8 Å². The van der Waals surface area contributed by atoms with Crippen molar-refractivity contribution in [2.45, 2.75) is 78.6 Å². The summed E-state index contributed by atoms with van der Waals surface area (Å²) >= 11 is 0. The SMILES string of the molecule is C[Si](C)(C)N=C(N[Si](C)(C)C)c1ccccc1C(=O)[O-].C[Si](C)(C)N=C(N[Si](C)(C)C)c1ccccc1C(=O)[O-].[H-].[H-].[Zr+4]. The van der Waals surface area contributed by atoms with Crippen LogP contribution in [0, 0.1) is 0 Å². The molecule has 2 aromatic rings. The second-order valence-electron chi connectivity index (χ2n) is 13.7. The summed E-state index contributed by atoms with van der Waals surface area (Å²) in [5, 5.41) is 22.6. The first kappa shape index (κ1) is 39.1. The Morgan fingerprint density at radius 2 is 0.805 bits per heavy atom. The zero-order valence-electron chi connectivity index (χ0n) is 28.6. The predicted octanol–water partition coefficient (Wildman–Crippen LogP) is 4.33. The van der Waals surface area contributed by atoms with Gasteiger partial charge in [-0.1, -0.05) is 87.8 Å². The minimum atomic E-state index is -1.73. The van der Waals surface area contributed by atoms with E-state index in [4.69, 9.17) is 9.32 Å². The van der Waals surface area contributed by atoms with Crippen LogP contribution in [0.4, 0.5) is 0 Å². The van der Waals surface area contributed by atoms with E-state index in [2.05, 4.69) is 88.5 Å². The average molecular weight is 708 g/mol. The monoisotopic (exact) mass is 706 g/mol. The van der Waals surface area contributed by atoms with Gasteiger partial charge in [-0.3, -0.25) is 0 Å². The number of amidine groups is 2. The second-order valence-corrected chi connectivity index (χ2v) is 32.3. The van der Waals surface area contributed by atoms with E-state index in [9.17, 15) is 19.8 Å². The molecule has 0 saturated carbocycles. The topological polar surface area (TPSA) is 129 Å².